The highest BCUT2D eigenvalue weighted by Gasteiger charge is 2.07. The zero-order valence-electron chi connectivity index (χ0n) is 11.5. The van der Waals surface area contributed by atoms with Crippen LogP contribution < -0.4 is 10.6 Å². The van der Waals surface area contributed by atoms with E-state index < -0.39 is 0 Å². The van der Waals surface area contributed by atoms with E-state index in [2.05, 4.69) is 10.6 Å². The fraction of sp³-hybridized carbons (Fsp3) is 0.429. The number of benzene rings is 1. The molecule has 110 valence electrons. The summed E-state index contributed by atoms with van der Waals surface area (Å²) in [7, 11) is 0. The Morgan fingerprint density at radius 2 is 1.85 bits per heavy atom. The summed E-state index contributed by atoms with van der Waals surface area (Å²) >= 11 is 0. The molecule has 0 aliphatic heterocycles. The second-order valence-corrected chi connectivity index (χ2v) is 4.23. The molecule has 0 heterocycles. The van der Waals surface area contributed by atoms with E-state index in [0.717, 1.165) is 5.56 Å². The van der Waals surface area contributed by atoms with Crippen molar-refractivity contribution >= 4 is 11.8 Å². The van der Waals surface area contributed by atoms with Crippen LogP contribution in [0.2, 0.25) is 0 Å². The Morgan fingerprint density at radius 3 is 2.50 bits per heavy atom. The number of hydrogen-bond donors (Lipinski definition) is 3. The van der Waals surface area contributed by atoms with Crippen molar-refractivity contribution in [3.63, 3.8) is 0 Å². The molecule has 0 spiro atoms. The van der Waals surface area contributed by atoms with Crippen LogP contribution in [0.5, 0.6) is 0 Å². The lowest BCUT2D eigenvalue weighted by atomic mass is 10.1. The van der Waals surface area contributed by atoms with E-state index in [9.17, 15) is 9.59 Å². The van der Waals surface area contributed by atoms with Crippen LogP contribution >= 0.6 is 0 Å². The van der Waals surface area contributed by atoms with Gasteiger partial charge in [-0.05, 0) is 19.1 Å². The maximum absolute atomic E-state index is 11.7. The minimum absolute atomic E-state index is 0.0411. The number of aryl methyl sites for hydroxylation is 1. The second kappa shape index (κ2) is 9.06. The summed E-state index contributed by atoms with van der Waals surface area (Å²) in [6.07, 6.45) is 0. The van der Waals surface area contributed by atoms with Crippen molar-refractivity contribution in [1.82, 2.24) is 10.6 Å². The summed E-state index contributed by atoms with van der Waals surface area (Å²) in [5.41, 5.74) is 1.59. The van der Waals surface area contributed by atoms with Gasteiger partial charge in [0.05, 0.1) is 26.4 Å². The lowest BCUT2D eigenvalue weighted by molar-refractivity contribution is -0.120. The number of aliphatic hydroxyl groups is 1. The van der Waals surface area contributed by atoms with Gasteiger partial charge in [0.25, 0.3) is 5.91 Å². The lowest BCUT2D eigenvalue weighted by Crippen LogP contribution is -2.38. The molecule has 0 bridgehead atoms. The Kier molecular flexibility index (Phi) is 7.31. The molecule has 2 amide bonds. The summed E-state index contributed by atoms with van der Waals surface area (Å²) in [5.74, 6) is -0.560. The molecule has 0 unspecified atom stereocenters. The van der Waals surface area contributed by atoms with Crippen LogP contribution in [-0.4, -0.2) is 49.8 Å². The predicted molar refractivity (Wildman–Crippen MR) is 74.4 cm³/mol. The van der Waals surface area contributed by atoms with Gasteiger partial charge in [0, 0.05) is 12.1 Å². The predicted octanol–water partition coefficient (Wildman–Crippen LogP) is -0.150. The zero-order chi connectivity index (χ0) is 14.8. The Labute approximate surface area is 118 Å². The fourth-order valence-corrected chi connectivity index (χ4v) is 1.46. The van der Waals surface area contributed by atoms with Crippen LogP contribution in [-0.2, 0) is 9.53 Å². The summed E-state index contributed by atoms with van der Waals surface area (Å²) in [5, 5.41) is 13.6. The Morgan fingerprint density at radius 1 is 1.15 bits per heavy atom. The van der Waals surface area contributed by atoms with E-state index in [0.29, 0.717) is 18.7 Å². The molecule has 1 aromatic carbocycles. The molecular weight excluding hydrogens is 260 g/mol. The molecule has 6 heteroatoms. The van der Waals surface area contributed by atoms with Crippen LogP contribution in [0.15, 0.2) is 24.3 Å². The van der Waals surface area contributed by atoms with Gasteiger partial charge in [0.1, 0.15) is 0 Å². The SMILES string of the molecule is Cc1ccc(C(=O)NCC(=O)NCCOCCO)cc1. The first-order valence-electron chi connectivity index (χ1n) is 6.43. The van der Waals surface area contributed by atoms with Crippen molar-refractivity contribution in [3.05, 3.63) is 35.4 Å². The van der Waals surface area contributed by atoms with E-state index in [1.165, 1.54) is 0 Å². The average Bonchev–Trinajstić information content (AvgIpc) is 2.45. The second-order valence-electron chi connectivity index (χ2n) is 4.23. The Balaban J connectivity index is 2.20. The largest absolute Gasteiger partial charge is 0.394 e. The number of carbonyl (C=O) groups excluding carboxylic acids is 2. The molecule has 0 atom stereocenters. The summed E-state index contributed by atoms with van der Waals surface area (Å²) in [4.78, 5) is 23.2. The number of hydrogen-bond acceptors (Lipinski definition) is 4. The third kappa shape index (κ3) is 6.31. The van der Waals surface area contributed by atoms with Gasteiger partial charge >= 0.3 is 0 Å². The topological polar surface area (TPSA) is 87.7 Å². The molecule has 1 aromatic rings. The molecule has 0 fully saturated rings. The first-order chi connectivity index (χ1) is 9.63. The highest BCUT2D eigenvalue weighted by atomic mass is 16.5. The number of rotatable bonds is 8. The molecule has 0 radical (unpaired) electrons. The van der Waals surface area contributed by atoms with Crippen molar-refractivity contribution in [3.8, 4) is 0 Å². The fourth-order valence-electron chi connectivity index (χ4n) is 1.46. The van der Waals surface area contributed by atoms with Crippen LogP contribution in [0.3, 0.4) is 0 Å². The number of ether oxygens (including phenoxy) is 1. The molecule has 0 saturated carbocycles. The molecular formula is C14H20N2O4. The third-order valence-electron chi connectivity index (χ3n) is 2.53. The van der Waals surface area contributed by atoms with Crippen molar-refractivity contribution in [2.24, 2.45) is 0 Å². The minimum atomic E-state index is -0.281. The Hall–Kier alpha value is -1.92. The zero-order valence-corrected chi connectivity index (χ0v) is 11.5. The maximum Gasteiger partial charge on any atom is 0.251 e. The van der Waals surface area contributed by atoms with Crippen molar-refractivity contribution in [2.75, 3.05) is 32.9 Å². The molecule has 6 nitrogen and oxygen atoms in total. The van der Waals surface area contributed by atoms with E-state index in [1.54, 1.807) is 12.1 Å². The number of amides is 2. The molecule has 1 rings (SSSR count). The number of carbonyl (C=O) groups is 2. The molecule has 3 N–H and O–H groups in total. The molecule has 0 saturated heterocycles. The lowest BCUT2D eigenvalue weighted by Gasteiger charge is -2.07. The molecule has 0 aromatic heterocycles. The van der Waals surface area contributed by atoms with Crippen LogP contribution in [0.1, 0.15) is 15.9 Å². The monoisotopic (exact) mass is 280 g/mol. The summed E-state index contributed by atoms with van der Waals surface area (Å²) in [6.45, 7) is 2.75. The van der Waals surface area contributed by atoms with Gasteiger partial charge in [-0.2, -0.15) is 0 Å². The van der Waals surface area contributed by atoms with Gasteiger partial charge < -0.3 is 20.5 Å². The average molecular weight is 280 g/mol. The smallest absolute Gasteiger partial charge is 0.251 e. The summed E-state index contributed by atoms with van der Waals surface area (Å²) in [6, 6.07) is 7.11. The van der Waals surface area contributed by atoms with E-state index >= 15 is 0 Å². The highest BCUT2D eigenvalue weighted by Crippen LogP contribution is 2.02. The Bertz CT molecular complexity index is 431. The van der Waals surface area contributed by atoms with Gasteiger partial charge in [0.15, 0.2) is 0 Å². The highest BCUT2D eigenvalue weighted by molar-refractivity contribution is 5.96. The third-order valence-corrected chi connectivity index (χ3v) is 2.53. The van der Waals surface area contributed by atoms with Crippen molar-refractivity contribution in [2.45, 2.75) is 6.92 Å². The van der Waals surface area contributed by atoms with Gasteiger partial charge in [-0.15, -0.1) is 0 Å². The first-order valence-corrected chi connectivity index (χ1v) is 6.43. The minimum Gasteiger partial charge on any atom is -0.394 e. The standard InChI is InChI=1S/C14H20N2O4/c1-11-2-4-12(5-3-11)14(19)16-10-13(18)15-6-8-20-9-7-17/h2-5,17H,6-10H2,1H3,(H,15,18)(H,16,19). The van der Waals surface area contributed by atoms with Crippen molar-refractivity contribution in [1.29, 1.82) is 0 Å². The van der Waals surface area contributed by atoms with Gasteiger partial charge in [-0.1, -0.05) is 17.7 Å². The van der Waals surface area contributed by atoms with Gasteiger partial charge in [-0.25, -0.2) is 0 Å². The van der Waals surface area contributed by atoms with Crippen LogP contribution in [0.4, 0.5) is 0 Å². The number of nitrogens with one attached hydrogen (secondary N) is 2. The maximum atomic E-state index is 11.7. The van der Waals surface area contributed by atoms with Gasteiger partial charge in [-0.3, -0.25) is 9.59 Å². The van der Waals surface area contributed by atoms with E-state index in [1.807, 2.05) is 19.1 Å². The van der Waals surface area contributed by atoms with Gasteiger partial charge in [0.2, 0.25) is 5.91 Å². The normalized spacial score (nSPS) is 10.1. The quantitative estimate of drug-likeness (QED) is 0.578. The first kappa shape index (κ1) is 16.1. The van der Waals surface area contributed by atoms with Crippen LogP contribution in [0, 0.1) is 6.92 Å². The molecule has 20 heavy (non-hydrogen) atoms. The van der Waals surface area contributed by atoms with E-state index in [4.69, 9.17) is 9.84 Å². The molecule has 0 aliphatic rings. The van der Waals surface area contributed by atoms with Crippen LogP contribution in [0.25, 0.3) is 0 Å². The molecule has 0 aliphatic carbocycles. The van der Waals surface area contributed by atoms with Crippen molar-refractivity contribution < 1.29 is 19.4 Å². The number of aliphatic hydroxyl groups excluding tert-OH is 1. The summed E-state index contributed by atoms with van der Waals surface area (Å²) < 4.78 is 4.99. The van der Waals surface area contributed by atoms with E-state index in [-0.39, 0.29) is 31.6 Å².